The van der Waals surface area contributed by atoms with E-state index >= 15 is 0 Å². The molecule has 0 aliphatic rings. The second-order valence-electron chi connectivity index (χ2n) is 5.86. The zero-order chi connectivity index (χ0) is 20.4. The van der Waals surface area contributed by atoms with E-state index in [0.29, 0.717) is 18.7 Å². The lowest BCUT2D eigenvalue weighted by Gasteiger charge is -2.20. The first-order chi connectivity index (χ1) is 12.7. The first-order valence-electron chi connectivity index (χ1n) is 8.31. The van der Waals surface area contributed by atoms with E-state index in [0.717, 1.165) is 18.2 Å². The van der Waals surface area contributed by atoms with Crippen LogP contribution in [-0.2, 0) is 16.0 Å². The number of nitrogens with two attached hydrogens (primary N) is 2. The number of carbonyl (C=O) groups is 1. The minimum Gasteiger partial charge on any atom is -0.383 e. The number of carbonyl (C=O) groups excluding carboxylic acids is 1. The molecule has 9 heteroatoms. The minimum atomic E-state index is -0.522. The molecule has 0 bridgehead atoms. The molecule has 1 aromatic carbocycles. The van der Waals surface area contributed by atoms with E-state index in [1.807, 2.05) is 0 Å². The average Bonchev–Trinajstić information content (AvgIpc) is 2.62. The van der Waals surface area contributed by atoms with E-state index in [9.17, 15) is 13.6 Å². The van der Waals surface area contributed by atoms with Crippen LogP contribution in [0.5, 0.6) is 0 Å². The molecule has 0 aliphatic carbocycles. The van der Waals surface area contributed by atoms with E-state index in [4.69, 9.17) is 21.6 Å². The SMILES string of the molecule is C/C(C(=N)N(C)CCOCCc1cc(F)ccc1F)=C(N)\N=C/CC(N)=O. The van der Waals surface area contributed by atoms with Crippen molar-refractivity contribution in [1.82, 2.24) is 4.90 Å². The van der Waals surface area contributed by atoms with Crippen molar-refractivity contribution >= 4 is 18.0 Å². The second-order valence-corrected chi connectivity index (χ2v) is 5.86. The molecule has 0 fully saturated rings. The maximum absolute atomic E-state index is 13.5. The lowest BCUT2D eigenvalue weighted by Crippen LogP contribution is -2.31. The minimum absolute atomic E-state index is 0.0309. The van der Waals surface area contributed by atoms with Gasteiger partial charge in [-0.2, -0.15) is 0 Å². The Morgan fingerprint density at radius 2 is 2.04 bits per heavy atom. The van der Waals surface area contributed by atoms with Gasteiger partial charge in [-0.25, -0.2) is 13.8 Å². The fraction of sp³-hybridized carbons (Fsp3) is 0.389. The average molecular weight is 381 g/mol. The van der Waals surface area contributed by atoms with Crippen molar-refractivity contribution in [1.29, 1.82) is 5.41 Å². The van der Waals surface area contributed by atoms with Crippen molar-refractivity contribution < 1.29 is 18.3 Å². The molecule has 1 aromatic rings. The second kappa shape index (κ2) is 11.0. The number of halogens is 2. The summed E-state index contributed by atoms with van der Waals surface area (Å²) in [6.45, 7) is 2.58. The molecule has 0 spiro atoms. The number of hydrogen-bond acceptors (Lipinski definition) is 5. The molecule has 0 aromatic heterocycles. The molecule has 0 heterocycles. The topological polar surface area (TPSA) is 118 Å². The molecule has 0 saturated heterocycles. The highest BCUT2D eigenvalue weighted by Crippen LogP contribution is 2.10. The van der Waals surface area contributed by atoms with Gasteiger partial charge in [0.25, 0.3) is 0 Å². The van der Waals surface area contributed by atoms with E-state index in [2.05, 4.69) is 4.99 Å². The number of hydrogen-bond donors (Lipinski definition) is 3. The van der Waals surface area contributed by atoms with Crippen LogP contribution in [0.25, 0.3) is 0 Å². The number of ether oxygens (including phenoxy) is 1. The largest absolute Gasteiger partial charge is 0.383 e. The van der Waals surface area contributed by atoms with Crippen LogP contribution in [0, 0.1) is 17.0 Å². The van der Waals surface area contributed by atoms with Gasteiger partial charge in [0.05, 0.1) is 19.6 Å². The highest BCUT2D eigenvalue weighted by Gasteiger charge is 2.10. The van der Waals surface area contributed by atoms with Crippen LogP contribution < -0.4 is 11.5 Å². The Balaban J connectivity index is 2.41. The van der Waals surface area contributed by atoms with Crippen LogP contribution in [0.4, 0.5) is 8.78 Å². The Morgan fingerprint density at radius 1 is 1.33 bits per heavy atom. The number of aliphatic imine (C=N–C) groups is 1. The van der Waals surface area contributed by atoms with E-state index < -0.39 is 17.5 Å². The van der Waals surface area contributed by atoms with Gasteiger partial charge in [-0.3, -0.25) is 10.2 Å². The molecule has 0 saturated carbocycles. The van der Waals surface area contributed by atoms with Gasteiger partial charge in [0, 0.05) is 25.4 Å². The molecule has 7 nitrogen and oxygen atoms in total. The summed E-state index contributed by atoms with van der Waals surface area (Å²) in [5, 5.41) is 8.09. The standard InChI is InChI=1S/C18H25F2N5O2/c1-12(17(22)24-7-5-16(21)26)18(23)25(2)8-10-27-9-6-13-11-14(19)3-4-15(13)20/h3-4,7,11,23H,5-6,8-10,22H2,1-2H3,(H2,21,26)/b17-12+,23-18?,24-7-. The number of primary amides is 1. The Labute approximate surface area is 157 Å². The van der Waals surface area contributed by atoms with Gasteiger partial charge in [0.2, 0.25) is 5.91 Å². The molecular formula is C18H25F2N5O2. The summed E-state index contributed by atoms with van der Waals surface area (Å²) in [7, 11) is 1.70. The highest BCUT2D eigenvalue weighted by molar-refractivity contribution is 5.96. The molecule has 0 atom stereocenters. The molecule has 0 radical (unpaired) electrons. The lowest BCUT2D eigenvalue weighted by molar-refractivity contribution is -0.116. The number of nitrogens with one attached hydrogen (secondary N) is 1. The Morgan fingerprint density at radius 3 is 2.70 bits per heavy atom. The number of nitrogens with zero attached hydrogens (tertiary/aromatic N) is 2. The van der Waals surface area contributed by atoms with Crippen LogP contribution in [0.3, 0.4) is 0 Å². The maximum Gasteiger partial charge on any atom is 0.222 e. The summed E-state index contributed by atoms with van der Waals surface area (Å²) in [4.78, 5) is 16.2. The van der Waals surface area contributed by atoms with Crippen molar-refractivity contribution in [3.05, 3.63) is 46.8 Å². The van der Waals surface area contributed by atoms with Crippen LogP contribution >= 0.6 is 0 Å². The summed E-state index contributed by atoms with van der Waals surface area (Å²) in [5.41, 5.74) is 11.5. The Hall–Kier alpha value is -2.81. The summed E-state index contributed by atoms with van der Waals surface area (Å²) in [6.07, 6.45) is 1.52. The fourth-order valence-corrected chi connectivity index (χ4v) is 2.07. The van der Waals surface area contributed by atoms with Crippen molar-refractivity contribution in [3.8, 4) is 0 Å². The third-order valence-corrected chi connectivity index (χ3v) is 3.74. The first kappa shape index (κ1) is 22.2. The third-order valence-electron chi connectivity index (χ3n) is 3.74. The number of amides is 1. The van der Waals surface area contributed by atoms with E-state index in [-0.39, 0.29) is 36.7 Å². The van der Waals surface area contributed by atoms with Gasteiger partial charge >= 0.3 is 0 Å². The van der Waals surface area contributed by atoms with Gasteiger partial charge in [-0.15, -0.1) is 0 Å². The van der Waals surface area contributed by atoms with Crippen molar-refractivity contribution in [2.45, 2.75) is 19.8 Å². The number of benzene rings is 1. The van der Waals surface area contributed by atoms with Crippen molar-refractivity contribution in [2.75, 3.05) is 26.8 Å². The molecule has 0 unspecified atom stereocenters. The predicted molar refractivity (Wildman–Crippen MR) is 100 cm³/mol. The number of amidine groups is 1. The summed E-state index contributed by atoms with van der Waals surface area (Å²) in [6, 6.07) is 3.31. The van der Waals surface area contributed by atoms with Gasteiger partial charge < -0.3 is 21.1 Å². The quantitative estimate of drug-likeness (QED) is 0.324. The molecule has 5 N–H and O–H groups in total. The predicted octanol–water partition coefficient (Wildman–Crippen LogP) is 1.57. The maximum atomic E-state index is 13.5. The van der Waals surface area contributed by atoms with E-state index in [1.54, 1.807) is 18.9 Å². The van der Waals surface area contributed by atoms with Crippen LogP contribution in [0.1, 0.15) is 18.9 Å². The third kappa shape index (κ3) is 7.95. The highest BCUT2D eigenvalue weighted by atomic mass is 19.1. The summed E-state index contributed by atoms with van der Waals surface area (Å²) >= 11 is 0. The molecular weight excluding hydrogens is 356 g/mol. The lowest BCUT2D eigenvalue weighted by atomic mass is 10.1. The first-order valence-corrected chi connectivity index (χ1v) is 8.31. The van der Waals surface area contributed by atoms with Gasteiger partial charge in [0.15, 0.2) is 0 Å². The summed E-state index contributed by atoms with van der Waals surface area (Å²) in [5.74, 6) is -1.20. The normalized spacial score (nSPS) is 12.1. The van der Waals surface area contributed by atoms with Crippen LogP contribution in [0.2, 0.25) is 0 Å². The number of likely N-dealkylation sites (N-methyl/N-ethyl adjacent to an activating group) is 1. The van der Waals surface area contributed by atoms with Gasteiger partial charge in [-0.05, 0) is 37.1 Å². The molecule has 1 amide bonds. The fourth-order valence-electron chi connectivity index (χ4n) is 2.07. The monoisotopic (exact) mass is 381 g/mol. The molecule has 0 aliphatic heterocycles. The van der Waals surface area contributed by atoms with Gasteiger partial charge in [-0.1, -0.05) is 0 Å². The van der Waals surface area contributed by atoms with Crippen molar-refractivity contribution in [3.63, 3.8) is 0 Å². The smallest absolute Gasteiger partial charge is 0.222 e. The zero-order valence-corrected chi connectivity index (χ0v) is 15.5. The number of rotatable bonds is 10. The van der Waals surface area contributed by atoms with Crippen LogP contribution in [-0.4, -0.2) is 49.7 Å². The molecule has 27 heavy (non-hydrogen) atoms. The molecule has 1 rings (SSSR count). The molecule has 148 valence electrons. The van der Waals surface area contributed by atoms with E-state index in [1.165, 1.54) is 6.21 Å². The Kier molecular flexibility index (Phi) is 9.07. The summed E-state index contributed by atoms with van der Waals surface area (Å²) < 4.78 is 32.0. The zero-order valence-electron chi connectivity index (χ0n) is 15.5. The Bertz CT molecular complexity index is 734. The van der Waals surface area contributed by atoms with Gasteiger partial charge in [0.1, 0.15) is 23.3 Å². The van der Waals surface area contributed by atoms with Crippen LogP contribution in [0.15, 0.2) is 34.6 Å². The van der Waals surface area contributed by atoms with Crippen molar-refractivity contribution in [2.24, 2.45) is 16.5 Å².